The molecule has 4 bridgehead atoms. The van der Waals surface area contributed by atoms with E-state index >= 15 is 0 Å². The van der Waals surface area contributed by atoms with Crippen molar-refractivity contribution in [1.29, 1.82) is 0 Å². The molecule has 0 saturated heterocycles. The van der Waals surface area contributed by atoms with Crippen LogP contribution in [0.4, 0.5) is 0 Å². The maximum Gasteiger partial charge on any atom is -0.00105 e. The minimum Gasteiger partial charge on any atom is -0.165 e. The van der Waals surface area contributed by atoms with Crippen molar-refractivity contribution in [3.05, 3.63) is 35.9 Å². The van der Waals surface area contributed by atoms with Gasteiger partial charge in [-0.2, -0.15) is 11.8 Å². The van der Waals surface area contributed by atoms with Crippen LogP contribution in [-0.2, 0) is 5.41 Å². The van der Waals surface area contributed by atoms with Gasteiger partial charge in [0.15, 0.2) is 0 Å². The van der Waals surface area contributed by atoms with Crippen LogP contribution in [0.2, 0.25) is 0 Å². The van der Waals surface area contributed by atoms with E-state index < -0.39 is 0 Å². The lowest BCUT2D eigenvalue weighted by Crippen LogP contribution is -2.34. The molecule has 1 aromatic rings. The molecule has 18 heavy (non-hydrogen) atoms. The third-order valence-electron chi connectivity index (χ3n) is 6.00. The first kappa shape index (κ1) is 11.4. The van der Waals surface area contributed by atoms with E-state index in [0.717, 1.165) is 11.8 Å². The quantitative estimate of drug-likeness (QED) is 0.769. The molecule has 5 rings (SSSR count). The zero-order chi connectivity index (χ0) is 12.2. The summed E-state index contributed by atoms with van der Waals surface area (Å²) in [5.41, 5.74) is 2.91. The summed E-state index contributed by atoms with van der Waals surface area (Å²) in [5.74, 6) is 3.47. The highest BCUT2D eigenvalue weighted by atomic mass is 32.2. The summed E-state index contributed by atoms with van der Waals surface area (Å²) in [7, 11) is 0. The number of rotatable bonds is 3. The van der Waals surface area contributed by atoms with Gasteiger partial charge in [0.05, 0.1) is 0 Å². The molecule has 4 saturated carbocycles. The van der Waals surface area contributed by atoms with Gasteiger partial charge >= 0.3 is 0 Å². The molecule has 0 amide bonds. The lowest BCUT2D eigenvalue weighted by molar-refractivity contribution is 0.196. The van der Waals surface area contributed by atoms with Crippen molar-refractivity contribution >= 4 is 11.8 Å². The summed E-state index contributed by atoms with van der Waals surface area (Å²) in [5, 5.41) is 0. The molecule has 4 fully saturated rings. The van der Waals surface area contributed by atoms with E-state index in [9.17, 15) is 0 Å². The van der Waals surface area contributed by atoms with Crippen molar-refractivity contribution in [2.45, 2.75) is 37.5 Å². The van der Waals surface area contributed by atoms with Gasteiger partial charge in [-0.1, -0.05) is 30.3 Å². The first-order chi connectivity index (χ1) is 8.76. The summed E-state index contributed by atoms with van der Waals surface area (Å²) in [6.07, 6.45) is 9.80. The highest BCUT2D eigenvalue weighted by Crippen LogP contribution is 2.71. The van der Waals surface area contributed by atoms with E-state index in [0.29, 0.717) is 10.8 Å². The molecule has 1 heteroatoms. The molecule has 0 aromatic heterocycles. The van der Waals surface area contributed by atoms with Gasteiger partial charge in [0.2, 0.25) is 0 Å². The third-order valence-corrected chi connectivity index (χ3v) is 6.87. The minimum absolute atomic E-state index is 0.558. The second-order valence-corrected chi connectivity index (χ2v) is 7.90. The van der Waals surface area contributed by atoms with Crippen LogP contribution in [0, 0.1) is 17.3 Å². The average molecular weight is 258 g/mol. The molecule has 4 aliphatic carbocycles. The zero-order valence-electron chi connectivity index (χ0n) is 11.2. The molecule has 96 valence electrons. The van der Waals surface area contributed by atoms with E-state index in [1.54, 1.807) is 5.56 Å². The van der Waals surface area contributed by atoms with Crippen LogP contribution in [0.25, 0.3) is 0 Å². The average Bonchev–Trinajstić information content (AvgIpc) is 2.74. The number of thioether (sulfide) groups is 1. The Hall–Kier alpha value is -0.430. The van der Waals surface area contributed by atoms with Crippen molar-refractivity contribution in [3.8, 4) is 0 Å². The maximum atomic E-state index is 2.39. The molecule has 4 atom stereocenters. The second-order valence-electron chi connectivity index (χ2n) is 7.03. The Bertz CT molecular complexity index is 454. The van der Waals surface area contributed by atoms with Gasteiger partial charge < -0.3 is 0 Å². The molecular weight excluding hydrogens is 236 g/mol. The van der Waals surface area contributed by atoms with Crippen LogP contribution in [0.15, 0.2) is 30.3 Å². The van der Waals surface area contributed by atoms with Crippen LogP contribution in [-0.4, -0.2) is 12.0 Å². The Morgan fingerprint density at radius 2 is 2.00 bits per heavy atom. The summed E-state index contributed by atoms with van der Waals surface area (Å²) in [6, 6.07) is 11.4. The zero-order valence-corrected chi connectivity index (χ0v) is 12.0. The first-order valence-electron chi connectivity index (χ1n) is 7.31. The minimum atomic E-state index is 0.558. The molecule has 4 aliphatic rings. The summed E-state index contributed by atoms with van der Waals surface area (Å²) in [4.78, 5) is 0. The van der Waals surface area contributed by atoms with E-state index in [1.807, 2.05) is 0 Å². The van der Waals surface area contributed by atoms with Gasteiger partial charge in [0, 0.05) is 0 Å². The molecule has 0 heterocycles. The van der Waals surface area contributed by atoms with Crippen molar-refractivity contribution in [2.75, 3.05) is 12.0 Å². The van der Waals surface area contributed by atoms with Crippen LogP contribution in [0.5, 0.6) is 0 Å². The van der Waals surface area contributed by atoms with Gasteiger partial charge in [-0.3, -0.25) is 0 Å². The van der Waals surface area contributed by atoms with Crippen LogP contribution >= 0.6 is 11.8 Å². The van der Waals surface area contributed by atoms with E-state index in [2.05, 4.69) is 48.3 Å². The molecular formula is C17H22S. The van der Waals surface area contributed by atoms with E-state index in [1.165, 1.54) is 37.9 Å². The van der Waals surface area contributed by atoms with Gasteiger partial charge in [-0.05, 0) is 72.3 Å². The van der Waals surface area contributed by atoms with Crippen molar-refractivity contribution in [2.24, 2.45) is 17.3 Å². The lowest BCUT2D eigenvalue weighted by Gasteiger charge is -2.41. The van der Waals surface area contributed by atoms with Gasteiger partial charge in [0.25, 0.3) is 0 Å². The van der Waals surface area contributed by atoms with Crippen molar-refractivity contribution in [1.82, 2.24) is 0 Å². The molecule has 4 unspecified atom stereocenters. The predicted molar refractivity (Wildman–Crippen MR) is 79.0 cm³/mol. The lowest BCUT2D eigenvalue weighted by atomic mass is 9.64. The van der Waals surface area contributed by atoms with Crippen LogP contribution in [0.1, 0.15) is 37.7 Å². The topological polar surface area (TPSA) is 0 Å². The second kappa shape index (κ2) is 3.79. The molecule has 1 aromatic carbocycles. The van der Waals surface area contributed by atoms with E-state index in [-0.39, 0.29) is 0 Å². The Kier molecular flexibility index (Phi) is 2.40. The highest BCUT2D eigenvalue weighted by Gasteiger charge is 2.63. The fourth-order valence-corrected chi connectivity index (χ4v) is 6.75. The molecule has 0 radical (unpaired) electrons. The Balaban J connectivity index is 1.74. The van der Waals surface area contributed by atoms with Crippen molar-refractivity contribution < 1.29 is 0 Å². The number of hydrogen-bond acceptors (Lipinski definition) is 1. The molecule has 0 spiro atoms. The highest BCUT2D eigenvalue weighted by molar-refractivity contribution is 7.98. The summed E-state index contributed by atoms with van der Waals surface area (Å²) < 4.78 is 0. The molecule has 0 N–H and O–H groups in total. The Morgan fingerprint density at radius 1 is 1.17 bits per heavy atom. The van der Waals surface area contributed by atoms with Gasteiger partial charge in [-0.25, -0.2) is 0 Å². The Morgan fingerprint density at radius 3 is 2.78 bits per heavy atom. The fourth-order valence-electron chi connectivity index (χ4n) is 5.72. The van der Waals surface area contributed by atoms with Crippen LogP contribution < -0.4 is 0 Å². The maximum absolute atomic E-state index is 2.39. The fraction of sp³-hybridized carbons (Fsp3) is 0.647. The number of hydrogen-bond donors (Lipinski definition) is 0. The monoisotopic (exact) mass is 258 g/mol. The third kappa shape index (κ3) is 1.40. The first-order valence-corrected chi connectivity index (χ1v) is 8.70. The normalized spacial score (nSPS) is 44.7. The Labute approximate surface area is 115 Å². The molecule has 0 nitrogen and oxygen atoms in total. The van der Waals surface area contributed by atoms with Crippen LogP contribution in [0.3, 0.4) is 0 Å². The molecule has 0 aliphatic heterocycles. The summed E-state index contributed by atoms with van der Waals surface area (Å²) >= 11 is 2.08. The van der Waals surface area contributed by atoms with Gasteiger partial charge in [-0.15, -0.1) is 0 Å². The van der Waals surface area contributed by atoms with Gasteiger partial charge in [0.1, 0.15) is 0 Å². The van der Waals surface area contributed by atoms with Crippen molar-refractivity contribution in [3.63, 3.8) is 0 Å². The van der Waals surface area contributed by atoms with E-state index in [4.69, 9.17) is 0 Å². The smallest absolute Gasteiger partial charge is 0.00105 e. The number of benzene rings is 1. The summed E-state index contributed by atoms with van der Waals surface area (Å²) in [6.45, 7) is 0. The largest absolute Gasteiger partial charge is 0.165 e. The standard InChI is InChI=1S/C17H22S/c1-18-12-17-9-13-7-15(17)10-16(8-13,11-17)14-5-3-2-4-6-14/h2-6,13,15H,7-12H2,1H3. The SMILES string of the molecule is CSCC12CC3CC1CC(c1ccccc1)(C3)C2. The predicted octanol–water partition coefficient (Wildman–Crippen LogP) is 4.50.